The molecule has 0 radical (unpaired) electrons. The topological polar surface area (TPSA) is 29.5 Å². The molecule has 1 saturated heterocycles. The molecule has 1 amide bonds. The number of likely N-dealkylation sites (tertiary alicyclic amines) is 1. The minimum Gasteiger partial charge on any atom is -0.450 e. The minimum atomic E-state index is -0.0888. The highest BCUT2D eigenvalue weighted by atomic mass is 16.6. The fraction of sp³-hybridized carbons (Fsp3) is 0.917. The third-order valence-electron chi connectivity index (χ3n) is 3.75. The van der Waals surface area contributed by atoms with E-state index in [1.807, 2.05) is 11.8 Å². The zero-order chi connectivity index (χ0) is 10.7. The predicted octanol–water partition coefficient (Wildman–Crippen LogP) is 2.80. The number of fused-ring (bicyclic) bond motifs is 1. The van der Waals surface area contributed by atoms with E-state index >= 15 is 0 Å². The predicted molar refractivity (Wildman–Crippen MR) is 58.7 cm³/mol. The number of rotatable bonds is 1. The molecular weight excluding hydrogens is 190 g/mol. The molecule has 3 nitrogen and oxygen atoms in total. The Morgan fingerprint density at radius 3 is 2.80 bits per heavy atom. The van der Waals surface area contributed by atoms with Crippen LogP contribution < -0.4 is 0 Å². The van der Waals surface area contributed by atoms with Gasteiger partial charge < -0.3 is 9.64 Å². The zero-order valence-electron chi connectivity index (χ0n) is 9.58. The van der Waals surface area contributed by atoms with E-state index < -0.39 is 0 Å². The largest absolute Gasteiger partial charge is 0.450 e. The molecule has 0 N–H and O–H groups in total. The molecule has 1 heterocycles. The lowest BCUT2D eigenvalue weighted by atomic mass is 9.78. The number of hydrogen-bond donors (Lipinski definition) is 0. The second-order valence-corrected chi connectivity index (χ2v) is 4.65. The van der Waals surface area contributed by atoms with E-state index in [0.29, 0.717) is 12.6 Å². The van der Waals surface area contributed by atoms with Crippen LogP contribution in [0.4, 0.5) is 4.79 Å². The molecule has 1 aliphatic heterocycles. The zero-order valence-corrected chi connectivity index (χ0v) is 9.58. The molecule has 3 heteroatoms. The number of carbonyl (C=O) groups excluding carboxylic acids is 1. The molecule has 0 unspecified atom stereocenters. The number of hydrogen-bond acceptors (Lipinski definition) is 2. The van der Waals surface area contributed by atoms with Gasteiger partial charge in [-0.2, -0.15) is 0 Å². The number of carbonyl (C=O) groups is 1. The van der Waals surface area contributed by atoms with E-state index in [0.717, 1.165) is 18.9 Å². The van der Waals surface area contributed by atoms with Gasteiger partial charge in [0.05, 0.1) is 6.61 Å². The third kappa shape index (κ3) is 2.27. The Balaban J connectivity index is 2.00. The van der Waals surface area contributed by atoms with Crippen LogP contribution in [-0.4, -0.2) is 30.2 Å². The van der Waals surface area contributed by atoms with Gasteiger partial charge in [0.25, 0.3) is 0 Å². The van der Waals surface area contributed by atoms with Crippen molar-refractivity contribution in [3.63, 3.8) is 0 Å². The summed E-state index contributed by atoms with van der Waals surface area (Å²) < 4.78 is 5.12. The van der Waals surface area contributed by atoms with Gasteiger partial charge in [-0.3, -0.25) is 0 Å². The summed E-state index contributed by atoms with van der Waals surface area (Å²) in [6.45, 7) is 3.27. The van der Waals surface area contributed by atoms with Crippen LogP contribution in [0.3, 0.4) is 0 Å². The number of amides is 1. The van der Waals surface area contributed by atoms with Crippen LogP contribution in [0.5, 0.6) is 0 Å². The van der Waals surface area contributed by atoms with Crippen molar-refractivity contribution in [1.82, 2.24) is 4.90 Å². The third-order valence-corrected chi connectivity index (χ3v) is 3.75. The van der Waals surface area contributed by atoms with E-state index in [1.165, 1.54) is 32.1 Å². The average molecular weight is 211 g/mol. The van der Waals surface area contributed by atoms with Crippen molar-refractivity contribution in [3.8, 4) is 0 Å². The van der Waals surface area contributed by atoms with Gasteiger partial charge in [0.1, 0.15) is 0 Å². The summed E-state index contributed by atoms with van der Waals surface area (Å²) in [6, 6.07) is 0.478. The second kappa shape index (κ2) is 4.86. The molecule has 0 aromatic rings. The fourth-order valence-corrected chi connectivity index (χ4v) is 3.06. The fourth-order valence-electron chi connectivity index (χ4n) is 3.06. The van der Waals surface area contributed by atoms with Crippen LogP contribution in [-0.2, 0) is 4.74 Å². The van der Waals surface area contributed by atoms with Crippen LogP contribution >= 0.6 is 0 Å². The maximum Gasteiger partial charge on any atom is 0.410 e. The summed E-state index contributed by atoms with van der Waals surface area (Å²) in [6.07, 6.45) is 7.48. The van der Waals surface area contributed by atoms with E-state index in [4.69, 9.17) is 4.74 Å². The van der Waals surface area contributed by atoms with Crippen LogP contribution in [0.2, 0.25) is 0 Å². The van der Waals surface area contributed by atoms with Crippen molar-refractivity contribution in [1.29, 1.82) is 0 Å². The molecule has 2 fully saturated rings. The highest BCUT2D eigenvalue weighted by molar-refractivity contribution is 5.68. The molecule has 86 valence electrons. The first-order valence-corrected chi connectivity index (χ1v) is 6.26. The quantitative estimate of drug-likeness (QED) is 0.667. The maximum absolute atomic E-state index is 11.8. The van der Waals surface area contributed by atoms with Crippen molar-refractivity contribution in [3.05, 3.63) is 0 Å². The van der Waals surface area contributed by atoms with Crippen LogP contribution in [0.25, 0.3) is 0 Å². The van der Waals surface area contributed by atoms with Gasteiger partial charge in [-0.25, -0.2) is 4.79 Å². The highest BCUT2D eigenvalue weighted by Gasteiger charge is 2.36. The van der Waals surface area contributed by atoms with Gasteiger partial charge in [-0.1, -0.05) is 12.8 Å². The monoisotopic (exact) mass is 211 g/mol. The lowest BCUT2D eigenvalue weighted by molar-refractivity contribution is 0.0397. The molecule has 2 atom stereocenters. The van der Waals surface area contributed by atoms with Crippen molar-refractivity contribution in [2.75, 3.05) is 13.2 Å². The van der Waals surface area contributed by atoms with Gasteiger partial charge >= 0.3 is 6.09 Å². The van der Waals surface area contributed by atoms with E-state index in [-0.39, 0.29) is 6.09 Å². The Bertz CT molecular complexity index is 228. The van der Waals surface area contributed by atoms with Gasteiger partial charge in [-0.05, 0) is 38.5 Å². The number of ether oxygens (including phenoxy) is 1. The van der Waals surface area contributed by atoms with Crippen LogP contribution in [0.1, 0.15) is 45.4 Å². The summed E-state index contributed by atoms with van der Waals surface area (Å²) in [5.74, 6) is 0.747. The van der Waals surface area contributed by atoms with Crippen LogP contribution in [0, 0.1) is 5.92 Å². The Kier molecular flexibility index (Phi) is 3.49. The first-order valence-electron chi connectivity index (χ1n) is 6.26. The van der Waals surface area contributed by atoms with Crippen molar-refractivity contribution >= 4 is 6.09 Å². The smallest absolute Gasteiger partial charge is 0.410 e. The molecule has 2 aliphatic rings. The summed E-state index contributed by atoms with van der Waals surface area (Å²) in [7, 11) is 0. The molecule has 0 aromatic heterocycles. The van der Waals surface area contributed by atoms with Crippen molar-refractivity contribution in [2.45, 2.75) is 51.5 Å². The van der Waals surface area contributed by atoms with Gasteiger partial charge in [0, 0.05) is 12.6 Å². The SMILES string of the molecule is CCOC(=O)N1CCC[C@H]2CCCC[C@H]21. The summed E-state index contributed by atoms with van der Waals surface area (Å²) in [5.41, 5.74) is 0. The van der Waals surface area contributed by atoms with E-state index in [9.17, 15) is 4.79 Å². The first kappa shape index (κ1) is 10.8. The first-order chi connectivity index (χ1) is 7.33. The Labute approximate surface area is 91.8 Å². The standard InChI is InChI=1S/C12H21NO2/c1-2-15-12(14)13-9-5-7-10-6-3-4-8-11(10)13/h10-11H,2-9H2,1H3/t10-,11-/m1/s1. The lowest BCUT2D eigenvalue weighted by Crippen LogP contribution is -2.49. The van der Waals surface area contributed by atoms with E-state index in [2.05, 4.69) is 0 Å². The Morgan fingerprint density at radius 1 is 1.27 bits per heavy atom. The average Bonchev–Trinajstić information content (AvgIpc) is 2.28. The van der Waals surface area contributed by atoms with Crippen molar-refractivity contribution in [2.24, 2.45) is 5.92 Å². The molecule has 1 aliphatic carbocycles. The molecule has 2 rings (SSSR count). The molecular formula is C12H21NO2. The second-order valence-electron chi connectivity index (χ2n) is 4.65. The Morgan fingerprint density at radius 2 is 2.00 bits per heavy atom. The summed E-state index contributed by atoms with van der Waals surface area (Å²) in [5, 5.41) is 0. The lowest BCUT2D eigenvalue weighted by Gasteiger charge is -2.43. The molecule has 15 heavy (non-hydrogen) atoms. The molecule has 1 saturated carbocycles. The Hall–Kier alpha value is -0.730. The van der Waals surface area contributed by atoms with Crippen molar-refractivity contribution < 1.29 is 9.53 Å². The molecule has 0 bridgehead atoms. The minimum absolute atomic E-state index is 0.0888. The molecule has 0 aromatic carbocycles. The van der Waals surface area contributed by atoms with E-state index in [1.54, 1.807) is 0 Å². The maximum atomic E-state index is 11.8. The highest BCUT2D eigenvalue weighted by Crippen LogP contribution is 2.35. The summed E-state index contributed by atoms with van der Waals surface area (Å²) >= 11 is 0. The molecule has 0 spiro atoms. The van der Waals surface area contributed by atoms with Gasteiger partial charge in [0.15, 0.2) is 0 Å². The normalized spacial score (nSPS) is 30.9. The van der Waals surface area contributed by atoms with Gasteiger partial charge in [-0.15, -0.1) is 0 Å². The van der Waals surface area contributed by atoms with Crippen LogP contribution in [0.15, 0.2) is 0 Å². The number of nitrogens with zero attached hydrogens (tertiary/aromatic N) is 1. The van der Waals surface area contributed by atoms with Gasteiger partial charge in [0.2, 0.25) is 0 Å². The summed E-state index contributed by atoms with van der Waals surface area (Å²) in [4.78, 5) is 13.7. The number of piperidine rings is 1.